The molecule has 1 aromatic carbocycles. The van der Waals surface area contributed by atoms with Crippen molar-refractivity contribution in [2.24, 2.45) is 11.1 Å². The first-order valence-electron chi connectivity index (χ1n) is 5.43. The van der Waals surface area contributed by atoms with Gasteiger partial charge in [-0.15, -0.1) is 0 Å². The zero-order chi connectivity index (χ0) is 14.8. The van der Waals surface area contributed by atoms with Crippen LogP contribution >= 0.6 is 23.2 Å². The van der Waals surface area contributed by atoms with Crippen LogP contribution in [0.1, 0.15) is 24.2 Å². The molecule has 19 heavy (non-hydrogen) atoms. The lowest BCUT2D eigenvalue weighted by Gasteiger charge is -2.22. The number of carbonyl (C=O) groups excluding carboxylic acids is 1. The molecule has 0 aliphatic carbocycles. The molecule has 0 radical (unpaired) electrons. The lowest BCUT2D eigenvalue weighted by molar-refractivity contribution is -0.123. The van der Waals surface area contributed by atoms with Gasteiger partial charge in [-0.1, -0.05) is 23.2 Å². The molecule has 104 valence electrons. The summed E-state index contributed by atoms with van der Waals surface area (Å²) in [7, 11) is 0. The van der Waals surface area contributed by atoms with Gasteiger partial charge >= 0.3 is 5.97 Å². The summed E-state index contributed by atoms with van der Waals surface area (Å²) in [6.45, 7) is 3.41. The fourth-order valence-corrected chi connectivity index (χ4v) is 1.79. The fourth-order valence-electron chi connectivity index (χ4n) is 1.24. The zero-order valence-corrected chi connectivity index (χ0v) is 12.0. The third-order valence-corrected chi connectivity index (χ3v) is 3.17. The lowest BCUT2D eigenvalue weighted by atomic mass is 9.92. The molecule has 4 N–H and O–H groups in total. The largest absolute Gasteiger partial charge is 0.478 e. The Labute approximate surface area is 120 Å². The van der Waals surface area contributed by atoms with E-state index in [-0.39, 0.29) is 27.8 Å². The Kier molecular flexibility index (Phi) is 4.79. The van der Waals surface area contributed by atoms with Gasteiger partial charge in [0, 0.05) is 11.6 Å². The summed E-state index contributed by atoms with van der Waals surface area (Å²) in [4.78, 5) is 23.1. The Bertz CT molecular complexity index is 530. The second-order valence-corrected chi connectivity index (χ2v) is 5.50. The number of halogens is 2. The molecular formula is C12H14Cl2N2O3. The van der Waals surface area contributed by atoms with Gasteiger partial charge in [-0.2, -0.15) is 0 Å². The number of aromatic carboxylic acids is 1. The van der Waals surface area contributed by atoms with Crippen LogP contribution in [0.5, 0.6) is 0 Å². The van der Waals surface area contributed by atoms with Crippen LogP contribution in [0, 0.1) is 5.41 Å². The monoisotopic (exact) mass is 304 g/mol. The number of rotatable bonds is 4. The highest BCUT2D eigenvalue weighted by Gasteiger charge is 2.28. The van der Waals surface area contributed by atoms with E-state index in [0.29, 0.717) is 0 Å². The smallest absolute Gasteiger partial charge is 0.337 e. The number of hydrogen-bond donors (Lipinski definition) is 3. The standard InChI is InChI=1S/C12H14Cl2N2O3/c1-12(2,5-15)11(19)16-9-7(10(17)18)3-6(13)4-8(9)14/h3-4H,5,15H2,1-2H3,(H,16,19)(H,17,18). The number of carboxylic acids is 1. The Hall–Kier alpha value is -1.30. The summed E-state index contributed by atoms with van der Waals surface area (Å²) in [6, 6.07) is 2.58. The normalized spacial score (nSPS) is 11.2. The average Bonchev–Trinajstić information content (AvgIpc) is 2.31. The number of carboxylic acid groups (broad SMARTS) is 1. The molecule has 0 atom stereocenters. The molecular weight excluding hydrogens is 291 g/mol. The molecule has 1 amide bonds. The number of amides is 1. The van der Waals surface area contributed by atoms with Crippen molar-refractivity contribution in [2.45, 2.75) is 13.8 Å². The molecule has 0 heterocycles. The van der Waals surface area contributed by atoms with Gasteiger partial charge in [0.25, 0.3) is 0 Å². The summed E-state index contributed by atoms with van der Waals surface area (Å²) >= 11 is 11.7. The molecule has 0 fully saturated rings. The van der Waals surface area contributed by atoms with Gasteiger partial charge in [0.2, 0.25) is 5.91 Å². The first-order valence-corrected chi connectivity index (χ1v) is 6.18. The maximum Gasteiger partial charge on any atom is 0.337 e. The number of nitrogens with two attached hydrogens (primary N) is 1. The Morgan fingerprint density at radius 3 is 2.42 bits per heavy atom. The number of nitrogens with one attached hydrogen (secondary N) is 1. The third kappa shape index (κ3) is 3.59. The van der Waals surface area contributed by atoms with Gasteiger partial charge in [0.15, 0.2) is 0 Å². The molecule has 0 aromatic heterocycles. The highest BCUT2D eigenvalue weighted by atomic mass is 35.5. The van der Waals surface area contributed by atoms with Gasteiger partial charge in [0.05, 0.1) is 21.7 Å². The van der Waals surface area contributed by atoms with E-state index in [9.17, 15) is 9.59 Å². The molecule has 0 unspecified atom stereocenters. The second-order valence-electron chi connectivity index (χ2n) is 4.66. The Balaban J connectivity index is 3.21. The Morgan fingerprint density at radius 2 is 1.95 bits per heavy atom. The minimum absolute atomic E-state index is 0.0186. The first kappa shape index (κ1) is 15.8. The van der Waals surface area contributed by atoms with E-state index in [0.717, 1.165) is 0 Å². The molecule has 1 aromatic rings. The summed E-state index contributed by atoms with van der Waals surface area (Å²) in [5, 5.41) is 11.8. The summed E-state index contributed by atoms with van der Waals surface area (Å²) in [6.07, 6.45) is 0. The molecule has 0 saturated carbocycles. The minimum Gasteiger partial charge on any atom is -0.478 e. The van der Waals surface area contributed by atoms with Crippen molar-refractivity contribution in [1.29, 1.82) is 0 Å². The van der Waals surface area contributed by atoms with E-state index in [1.54, 1.807) is 13.8 Å². The number of benzene rings is 1. The van der Waals surface area contributed by atoms with E-state index in [1.165, 1.54) is 12.1 Å². The second kappa shape index (κ2) is 5.77. The molecule has 0 aliphatic heterocycles. The average molecular weight is 305 g/mol. The lowest BCUT2D eigenvalue weighted by Crippen LogP contribution is -2.37. The van der Waals surface area contributed by atoms with Crippen LogP contribution in [-0.2, 0) is 4.79 Å². The molecule has 0 bridgehead atoms. The highest BCUT2D eigenvalue weighted by molar-refractivity contribution is 6.37. The highest BCUT2D eigenvalue weighted by Crippen LogP contribution is 2.31. The Morgan fingerprint density at radius 1 is 1.37 bits per heavy atom. The topological polar surface area (TPSA) is 92.4 Å². The summed E-state index contributed by atoms with van der Waals surface area (Å²) in [5.41, 5.74) is 4.51. The van der Waals surface area contributed by atoms with E-state index in [2.05, 4.69) is 5.32 Å². The van der Waals surface area contributed by atoms with E-state index in [4.69, 9.17) is 34.0 Å². The molecule has 5 nitrogen and oxygen atoms in total. The van der Waals surface area contributed by atoms with Crippen molar-refractivity contribution in [3.8, 4) is 0 Å². The maximum atomic E-state index is 12.0. The van der Waals surface area contributed by atoms with Crippen LogP contribution < -0.4 is 11.1 Å². The number of hydrogen-bond acceptors (Lipinski definition) is 3. The van der Waals surface area contributed by atoms with Gasteiger partial charge < -0.3 is 16.2 Å². The number of carbonyl (C=O) groups is 2. The van der Waals surface area contributed by atoms with E-state index >= 15 is 0 Å². The third-order valence-electron chi connectivity index (χ3n) is 2.65. The van der Waals surface area contributed by atoms with Crippen molar-refractivity contribution < 1.29 is 14.7 Å². The fraction of sp³-hybridized carbons (Fsp3) is 0.333. The van der Waals surface area contributed by atoms with Crippen LogP contribution in [0.3, 0.4) is 0 Å². The first-order chi connectivity index (χ1) is 8.69. The van der Waals surface area contributed by atoms with Crippen LogP contribution in [0.4, 0.5) is 5.69 Å². The van der Waals surface area contributed by atoms with Crippen molar-refractivity contribution in [3.05, 3.63) is 27.7 Å². The summed E-state index contributed by atoms with van der Waals surface area (Å²) < 4.78 is 0. The number of anilines is 1. The van der Waals surface area contributed by atoms with Crippen molar-refractivity contribution >= 4 is 40.8 Å². The van der Waals surface area contributed by atoms with E-state index in [1.807, 2.05) is 0 Å². The van der Waals surface area contributed by atoms with Crippen molar-refractivity contribution in [1.82, 2.24) is 0 Å². The predicted molar refractivity (Wildman–Crippen MR) is 74.9 cm³/mol. The zero-order valence-electron chi connectivity index (χ0n) is 10.5. The van der Waals surface area contributed by atoms with Gasteiger partial charge in [-0.25, -0.2) is 4.79 Å². The molecule has 0 spiro atoms. The van der Waals surface area contributed by atoms with Crippen molar-refractivity contribution in [3.63, 3.8) is 0 Å². The quantitative estimate of drug-likeness (QED) is 0.797. The van der Waals surface area contributed by atoms with Crippen LogP contribution in [-0.4, -0.2) is 23.5 Å². The minimum atomic E-state index is -1.23. The van der Waals surface area contributed by atoms with Gasteiger partial charge in [-0.05, 0) is 26.0 Å². The SMILES string of the molecule is CC(C)(CN)C(=O)Nc1c(Cl)cc(Cl)cc1C(=O)O. The van der Waals surface area contributed by atoms with Crippen LogP contribution in [0.15, 0.2) is 12.1 Å². The molecule has 1 rings (SSSR count). The van der Waals surface area contributed by atoms with Crippen LogP contribution in [0.25, 0.3) is 0 Å². The van der Waals surface area contributed by atoms with Gasteiger partial charge in [-0.3, -0.25) is 4.79 Å². The summed E-state index contributed by atoms with van der Waals surface area (Å²) in [5.74, 6) is -1.65. The van der Waals surface area contributed by atoms with Crippen molar-refractivity contribution in [2.75, 3.05) is 11.9 Å². The molecule has 7 heteroatoms. The molecule has 0 aliphatic rings. The maximum absolute atomic E-state index is 12.0. The molecule has 0 saturated heterocycles. The van der Waals surface area contributed by atoms with E-state index < -0.39 is 17.3 Å². The van der Waals surface area contributed by atoms with Crippen LogP contribution in [0.2, 0.25) is 10.0 Å². The van der Waals surface area contributed by atoms with Gasteiger partial charge in [0.1, 0.15) is 0 Å². The predicted octanol–water partition coefficient (Wildman–Crippen LogP) is 2.62.